The topological polar surface area (TPSA) is 169 Å². The number of fused-ring (bicyclic) bond motifs is 2. The lowest BCUT2D eigenvalue weighted by Gasteiger charge is -2.33. The number of aliphatic hydroxyl groups is 2. The summed E-state index contributed by atoms with van der Waals surface area (Å²) in [6, 6.07) is 0. The van der Waals surface area contributed by atoms with Crippen molar-refractivity contribution in [3.63, 3.8) is 0 Å². The quantitative estimate of drug-likeness (QED) is 0.292. The summed E-state index contributed by atoms with van der Waals surface area (Å²) in [6.07, 6.45) is 0.865. The number of aromatic hydroxyl groups is 2. The van der Waals surface area contributed by atoms with Crippen molar-refractivity contribution in [1.29, 1.82) is 0 Å². The van der Waals surface area contributed by atoms with E-state index in [9.17, 15) is 30.0 Å². The number of phenolic OH excluding ortho intramolecular Hbond substituents is 2. The molecule has 2 atom stereocenters. The van der Waals surface area contributed by atoms with Crippen molar-refractivity contribution in [1.82, 2.24) is 0 Å². The SMILES string of the molecule is COc1c(O)c(O)c2c(=O)oc3c4c(c(=O)oc1c24)=CC1(O)OCOC31O. The molecular formula is C16H10O11. The van der Waals surface area contributed by atoms with Gasteiger partial charge in [-0.3, -0.25) is 0 Å². The van der Waals surface area contributed by atoms with E-state index in [-0.39, 0.29) is 21.6 Å². The molecule has 1 saturated heterocycles. The molecule has 0 saturated carbocycles. The fraction of sp³-hybridized carbons (Fsp3) is 0.250. The van der Waals surface area contributed by atoms with Crippen molar-refractivity contribution >= 4 is 27.8 Å². The standard InChI is InChI=1S/C16H10O11/c1-23-11-9(18)8(17)7-6-5-4(13(19)26-10(6)11)2-15(21)16(22,25-3-24-15)12(5)27-14(7)20/h2,17-18,21-22H,3H2,1H3. The van der Waals surface area contributed by atoms with Crippen molar-refractivity contribution in [3.8, 4) is 17.2 Å². The smallest absolute Gasteiger partial charge is 0.348 e. The Bertz CT molecular complexity index is 1330. The molecule has 11 heteroatoms. The van der Waals surface area contributed by atoms with Gasteiger partial charge in [0.25, 0.3) is 11.6 Å². The van der Waals surface area contributed by atoms with Crippen LogP contribution in [0, 0.1) is 0 Å². The molecule has 3 heterocycles. The van der Waals surface area contributed by atoms with Gasteiger partial charge in [-0.1, -0.05) is 0 Å². The predicted molar refractivity (Wildman–Crippen MR) is 84.0 cm³/mol. The molecule has 0 amide bonds. The normalized spacial score (nSPS) is 26.3. The first-order valence-corrected chi connectivity index (χ1v) is 7.54. The molecule has 3 aromatic rings. The lowest BCUT2D eigenvalue weighted by Crippen LogP contribution is -2.53. The third-order valence-corrected chi connectivity index (χ3v) is 4.80. The van der Waals surface area contributed by atoms with Crippen LogP contribution in [0.2, 0.25) is 0 Å². The maximum atomic E-state index is 12.5. The molecule has 5 rings (SSSR count). The molecule has 1 fully saturated rings. The van der Waals surface area contributed by atoms with Gasteiger partial charge in [-0.25, -0.2) is 9.59 Å². The first-order valence-electron chi connectivity index (χ1n) is 7.54. The average molecular weight is 378 g/mol. The summed E-state index contributed by atoms with van der Waals surface area (Å²) in [4.78, 5) is 25.0. The fourth-order valence-corrected chi connectivity index (χ4v) is 3.56. The van der Waals surface area contributed by atoms with Crippen molar-refractivity contribution in [2.45, 2.75) is 11.6 Å². The van der Waals surface area contributed by atoms with E-state index in [2.05, 4.69) is 0 Å². The van der Waals surface area contributed by atoms with E-state index in [0.717, 1.165) is 13.2 Å². The molecule has 1 aliphatic heterocycles. The second-order valence-corrected chi connectivity index (χ2v) is 6.10. The zero-order valence-electron chi connectivity index (χ0n) is 13.4. The fourth-order valence-electron chi connectivity index (χ4n) is 3.56. The summed E-state index contributed by atoms with van der Waals surface area (Å²) in [7, 11) is 1.15. The monoisotopic (exact) mass is 378 g/mol. The van der Waals surface area contributed by atoms with Crippen LogP contribution in [0.25, 0.3) is 27.8 Å². The van der Waals surface area contributed by atoms with Crippen molar-refractivity contribution in [2.75, 3.05) is 13.9 Å². The summed E-state index contributed by atoms with van der Waals surface area (Å²) < 4.78 is 25.2. The summed E-state index contributed by atoms with van der Waals surface area (Å²) in [5.41, 5.74) is -2.55. The Kier molecular flexibility index (Phi) is 2.73. The summed E-state index contributed by atoms with van der Waals surface area (Å²) in [5, 5.41) is 40.6. The van der Waals surface area contributed by atoms with Gasteiger partial charge >= 0.3 is 11.3 Å². The Morgan fingerprint density at radius 3 is 2.44 bits per heavy atom. The Balaban J connectivity index is 2.19. The van der Waals surface area contributed by atoms with E-state index in [0.29, 0.717) is 0 Å². The van der Waals surface area contributed by atoms with Crippen LogP contribution in [0.3, 0.4) is 0 Å². The lowest BCUT2D eigenvalue weighted by molar-refractivity contribution is -0.278. The van der Waals surface area contributed by atoms with Crippen LogP contribution in [-0.4, -0.2) is 40.1 Å². The van der Waals surface area contributed by atoms with Gasteiger partial charge in [0.1, 0.15) is 5.39 Å². The number of rotatable bonds is 1. The van der Waals surface area contributed by atoms with Crippen molar-refractivity contribution < 1.29 is 43.5 Å². The van der Waals surface area contributed by atoms with E-state index in [1.807, 2.05) is 0 Å². The first-order chi connectivity index (χ1) is 12.7. The largest absolute Gasteiger partial charge is 0.504 e. The molecule has 0 spiro atoms. The maximum Gasteiger partial charge on any atom is 0.348 e. The highest BCUT2D eigenvalue weighted by molar-refractivity contribution is 6.14. The highest BCUT2D eigenvalue weighted by atomic mass is 16.8. The third-order valence-electron chi connectivity index (χ3n) is 4.80. The molecule has 11 nitrogen and oxygen atoms in total. The summed E-state index contributed by atoms with van der Waals surface area (Å²) in [6.45, 7) is -0.565. The Morgan fingerprint density at radius 2 is 1.74 bits per heavy atom. The Labute approximate surface area is 146 Å². The molecule has 4 N–H and O–H groups in total. The highest BCUT2D eigenvalue weighted by Crippen LogP contribution is 2.50. The zero-order valence-corrected chi connectivity index (χ0v) is 13.4. The predicted octanol–water partition coefficient (Wildman–Crippen LogP) is -1.33. The summed E-state index contributed by atoms with van der Waals surface area (Å²) in [5.74, 6) is -7.86. The molecular weight excluding hydrogens is 368 g/mol. The number of phenols is 2. The highest BCUT2D eigenvalue weighted by Gasteiger charge is 2.62. The van der Waals surface area contributed by atoms with E-state index >= 15 is 0 Å². The zero-order chi connectivity index (χ0) is 19.3. The van der Waals surface area contributed by atoms with Crippen molar-refractivity contribution in [2.24, 2.45) is 0 Å². The Hall–Kier alpha value is -3.12. The molecule has 1 aromatic carbocycles. The van der Waals surface area contributed by atoms with Gasteiger partial charge in [-0.2, -0.15) is 0 Å². The van der Waals surface area contributed by atoms with E-state index in [1.54, 1.807) is 0 Å². The number of ether oxygens (including phenoxy) is 3. The van der Waals surface area contributed by atoms with Crippen LogP contribution in [-0.2, 0) is 15.3 Å². The van der Waals surface area contributed by atoms with Crippen molar-refractivity contribution in [3.05, 3.63) is 31.8 Å². The van der Waals surface area contributed by atoms with E-state index in [1.165, 1.54) is 0 Å². The van der Waals surface area contributed by atoms with Crippen LogP contribution < -0.4 is 21.2 Å². The molecule has 2 aromatic heterocycles. The second-order valence-electron chi connectivity index (χ2n) is 6.10. The average Bonchev–Trinajstić information content (AvgIpc) is 2.93. The number of hydrogen-bond donors (Lipinski definition) is 4. The van der Waals surface area contributed by atoms with Gasteiger partial charge in [0.05, 0.1) is 17.7 Å². The van der Waals surface area contributed by atoms with E-state index in [4.69, 9.17) is 23.0 Å². The lowest BCUT2D eigenvalue weighted by atomic mass is 9.90. The van der Waals surface area contributed by atoms with Gasteiger partial charge in [0.2, 0.25) is 11.5 Å². The summed E-state index contributed by atoms with van der Waals surface area (Å²) >= 11 is 0. The van der Waals surface area contributed by atoms with Crippen LogP contribution >= 0.6 is 0 Å². The van der Waals surface area contributed by atoms with Crippen LogP contribution in [0.1, 0.15) is 5.76 Å². The van der Waals surface area contributed by atoms with Crippen LogP contribution in [0.4, 0.5) is 0 Å². The minimum Gasteiger partial charge on any atom is -0.504 e. The molecule has 1 aliphatic carbocycles. The van der Waals surface area contributed by atoms with Crippen LogP contribution in [0.15, 0.2) is 18.4 Å². The van der Waals surface area contributed by atoms with Gasteiger partial charge in [-0.15, -0.1) is 0 Å². The molecule has 27 heavy (non-hydrogen) atoms. The first kappa shape index (κ1) is 16.1. The molecule has 0 bridgehead atoms. The van der Waals surface area contributed by atoms with E-state index < -0.39 is 58.0 Å². The number of methoxy groups -OCH3 is 1. The number of hydrogen-bond acceptors (Lipinski definition) is 11. The third kappa shape index (κ3) is 1.60. The maximum absolute atomic E-state index is 12.5. The minimum atomic E-state index is -2.63. The molecule has 0 radical (unpaired) electrons. The van der Waals surface area contributed by atoms with Gasteiger partial charge in [0.15, 0.2) is 23.9 Å². The Morgan fingerprint density at radius 1 is 1.00 bits per heavy atom. The van der Waals surface area contributed by atoms with Gasteiger partial charge in [0, 0.05) is 5.39 Å². The van der Waals surface area contributed by atoms with Crippen LogP contribution in [0.5, 0.6) is 17.2 Å². The molecule has 2 unspecified atom stereocenters. The molecule has 140 valence electrons. The van der Waals surface area contributed by atoms with Gasteiger partial charge < -0.3 is 43.5 Å². The number of benzene rings is 1. The molecule has 2 aliphatic rings. The second kappa shape index (κ2) is 4.58. The van der Waals surface area contributed by atoms with Gasteiger partial charge in [-0.05, 0) is 6.08 Å². The minimum absolute atomic E-state index is 0.162.